The second kappa shape index (κ2) is 4.37. The number of hydrogen-bond donors (Lipinski definition) is 0. The average molecular weight is 263 g/mol. The number of aromatic nitrogens is 2. The molecule has 1 saturated carbocycles. The maximum Gasteiger partial charge on any atom is 0.295 e. The van der Waals surface area contributed by atoms with Crippen LogP contribution in [0.2, 0.25) is 0 Å². The van der Waals surface area contributed by atoms with Gasteiger partial charge in [0.25, 0.3) is 5.19 Å². The van der Waals surface area contributed by atoms with Gasteiger partial charge in [-0.25, -0.2) is 0 Å². The third-order valence-electron chi connectivity index (χ3n) is 2.20. The highest BCUT2D eigenvalue weighted by molar-refractivity contribution is 9.11. The SMILES string of the molecule is Brc1nnc(OC2CCCCC2)s1. The molecule has 0 atom stereocenters. The van der Waals surface area contributed by atoms with Gasteiger partial charge in [0.1, 0.15) is 6.10 Å². The molecule has 0 radical (unpaired) electrons. The van der Waals surface area contributed by atoms with Crippen molar-refractivity contribution in [3.8, 4) is 5.19 Å². The second-order valence-corrected chi connectivity index (χ2v) is 5.41. The molecule has 0 aliphatic heterocycles. The molecule has 5 heteroatoms. The number of rotatable bonds is 2. The molecule has 0 spiro atoms. The molecular formula is C8H11BrN2OS. The van der Waals surface area contributed by atoms with Gasteiger partial charge in [0, 0.05) is 0 Å². The van der Waals surface area contributed by atoms with Crippen molar-refractivity contribution in [1.82, 2.24) is 10.2 Å². The molecule has 0 unspecified atom stereocenters. The van der Waals surface area contributed by atoms with E-state index in [9.17, 15) is 0 Å². The first kappa shape index (κ1) is 9.40. The lowest BCUT2D eigenvalue weighted by molar-refractivity contribution is 0.153. The Morgan fingerprint density at radius 1 is 1.23 bits per heavy atom. The summed E-state index contributed by atoms with van der Waals surface area (Å²) in [5.41, 5.74) is 0. The van der Waals surface area contributed by atoms with Crippen molar-refractivity contribution in [3.63, 3.8) is 0 Å². The third kappa shape index (κ3) is 2.64. The van der Waals surface area contributed by atoms with Crippen molar-refractivity contribution >= 4 is 27.3 Å². The van der Waals surface area contributed by atoms with Crippen LogP contribution < -0.4 is 4.74 Å². The van der Waals surface area contributed by atoms with Crippen molar-refractivity contribution < 1.29 is 4.74 Å². The molecule has 0 saturated heterocycles. The van der Waals surface area contributed by atoms with Gasteiger partial charge in [0.2, 0.25) is 0 Å². The largest absolute Gasteiger partial charge is 0.466 e. The summed E-state index contributed by atoms with van der Waals surface area (Å²) in [6, 6.07) is 0. The predicted molar refractivity (Wildman–Crippen MR) is 55.1 cm³/mol. The molecule has 0 bridgehead atoms. The van der Waals surface area contributed by atoms with E-state index in [1.807, 2.05) is 0 Å². The summed E-state index contributed by atoms with van der Waals surface area (Å²) in [5.74, 6) is 0. The van der Waals surface area contributed by atoms with Crippen LogP contribution in [0, 0.1) is 0 Å². The molecule has 1 heterocycles. The Morgan fingerprint density at radius 3 is 2.62 bits per heavy atom. The quantitative estimate of drug-likeness (QED) is 0.822. The Balaban J connectivity index is 1.89. The van der Waals surface area contributed by atoms with Gasteiger partial charge in [-0.05, 0) is 53.0 Å². The van der Waals surface area contributed by atoms with Crippen LogP contribution in [0.1, 0.15) is 32.1 Å². The van der Waals surface area contributed by atoms with Gasteiger partial charge in [0.05, 0.1) is 0 Å². The van der Waals surface area contributed by atoms with Gasteiger partial charge in [-0.1, -0.05) is 11.5 Å². The number of halogens is 1. The first-order valence-electron chi connectivity index (χ1n) is 4.50. The summed E-state index contributed by atoms with van der Waals surface area (Å²) < 4.78 is 6.48. The van der Waals surface area contributed by atoms with Crippen LogP contribution in [0.15, 0.2) is 3.92 Å². The minimum atomic E-state index is 0.369. The highest BCUT2D eigenvalue weighted by Crippen LogP contribution is 2.27. The molecule has 72 valence electrons. The summed E-state index contributed by atoms with van der Waals surface area (Å²) >= 11 is 4.72. The van der Waals surface area contributed by atoms with Crippen molar-refractivity contribution in [2.75, 3.05) is 0 Å². The molecule has 1 aromatic rings. The Kier molecular flexibility index (Phi) is 3.16. The normalized spacial score (nSPS) is 18.8. The summed E-state index contributed by atoms with van der Waals surface area (Å²) in [4.78, 5) is 0. The number of hydrogen-bond acceptors (Lipinski definition) is 4. The molecule has 3 nitrogen and oxygen atoms in total. The fourth-order valence-corrected chi connectivity index (χ4v) is 2.55. The van der Waals surface area contributed by atoms with E-state index in [1.54, 1.807) is 0 Å². The highest BCUT2D eigenvalue weighted by Gasteiger charge is 2.16. The van der Waals surface area contributed by atoms with E-state index in [4.69, 9.17) is 4.74 Å². The first-order chi connectivity index (χ1) is 6.34. The van der Waals surface area contributed by atoms with E-state index < -0.39 is 0 Å². The lowest BCUT2D eigenvalue weighted by Crippen LogP contribution is -2.19. The zero-order valence-corrected chi connectivity index (χ0v) is 9.60. The minimum absolute atomic E-state index is 0.369. The number of ether oxygens (including phenoxy) is 1. The first-order valence-corrected chi connectivity index (χ1v) is 6.11. The molecule has 2 rings (SSSR count). The smallest absolute Gasteiger partial charge is 0.295 e. The Bertz CT molecular complexity index is 273. The number of nitrogens with zero attached hydrogens (tertiary/aromatic N) is 2. The zero-order valence-electron chi connectivity index (χ0n) is 7.20. The van der Waals surface area contributed by atoms with Gasteiger partial charge in [-0.2, -0.15) is 0 Å². The summed E-state index contributed by atoms with van der Waals surface area (Å²) in [5, 5.41) is 8.44. The van der Waals surface area contributed by atoms with Gasteiger partial charge in [-0.3, -0.25) is 0 Å². The van der Waals surface area contributed by atoms with Gasteiger partial charge < -0.3 is 4.74 Å². The third-order valence-corrected chi connectivity index (χ3v) is 3.45. The van der Waals surface area contributed by atoms with Crippen LogP contribution in [0.25, 0.3) is 0 Å². The fraction of sp³-hybridized carbons (Fsp3) is 0.750. The minimum Gasteiger partial charge on any atom is -0.466 e. The predicted octanol–water partition coefficient (Wildman–Crippen LogP) is 3.01. The molecule has 1 aromatic heterocycles. The van der Waals surface area contributed by atoms with Crippen LogP contribution in [-0.2, 0) is 0 Å². The van der Waals surface area contributed by atoms with Gasteiger partial charge in [-0.15, -0.1) is 5.10 Å². The van der Waals surface area contributed by atoms with E-state index >= 15 is 0 Å². The zero-order chi connectivity index (χ0) is 9.10. The monoisotopic (exact) mass is 262 g/mol. The van der Waals surface area contributed by atoms with E-state index in [-0.39, 0.29) is 0 Å². The fourth-order valence-electron chi connectivity index (χ4n) is 1.57. The van der Waals surface area contributed by atoms with Crippen molar-refractivity contribution in [2.45, 2.75) is 38.2 Å². The van der Waals surface area contributed by atoms with E-state index in [2.05, 4.69) is 26.1 Å². The molecule has 13 heavy (non-hydrogen) atoms. The Morgan fingerprint density at radius 2 is 2.00 bits per heavy atom. The van der Waals surface area contributed by atoms with Crippen molar-refractivity contribution in [1.29, 1.82) is 0 Å². The molecular weight excluding hydrogens is 252 g/mol. The Hall–Kier alpha value is -0.160. The molecule has 1 fully saturated rings. The van der Waals surface area contributed by atoms with Crippen LogP contribution in [0.4, 0.5) is 0 Å². The summed E-state index contributed by atoms with van der Waals surface area (Å²) in [7, 11) is 0. The summed E-state index contributed by atoms with van der Waals surface area (Å²) in [6.45, 7) is 0. The molecule has 1 aliphatic carbocycles. The molecule has 0 N–H and O–H groups in total. The molecule has 0 amide bonds. The topological polar surface area (TPSA) is 35.0 Å². The maximum absolute atomic E-state index is 5.69. The van der Waals surface area contributed by atoms with Gasteiger partial charge >= 0.3 is 0 Å². The van der Waals surface area contributed by atoms with Crippen LogP contribution in [0.3, 0.4) is 0 Å². The maximum atomic E-state index is 5.69. The van der Waals surface area contributed by atoms with Crippen LogP contribution >= 0.6 is 27.3 Å². The Labute approximate surface area is 89.6 Å². The van der Waals surface area contributed by atoms with Crippen LogP contribution in [-0.4, -0.2) is 16.3 Å². The second-order valence-electron chi connectivity index (χ2n) is 3.20. The average Bonchev–Trinajstić information content (AvgIpc) is 2.53. The molecule has 1 aliphatic rings. The lowest BCUT2D eigenvalue weighted by Gasteiger charge is -2.20. The highest BCUT2D eigenvalue weighted by atomic mass is 79.9. The van der Waals surface area contributed by atoms with Crippen molar-refractivity contribution in [2.24, 2.45) is 0 Å². The van der Waals surface area contributed by atoms with E-state index in [0.717, 1.165) is 16.8 Å². The van der Waals surface area contributed by atoms with E-state index in [1.165, 1.54) is 30.6 Å². The summed E-state index contributed by atoms with van der Waals surface area (Å²) in [6.07, 6.45) is 6.61. The molecule has 0 aromatic carbocycles. The van der Waals surface area contributed by atoms with Crippen molar-refractivity contribution in [3.05, 3.63) is 3.92 Å². The van der Waals surface area contributed by atoms with Crippen LogP contribution in [0.5, 0.6) is 5.19 Å². The lowest BCUT2D eigenvalue weighted by atomic mass is 9.98. The van der Waals surface area contributed by atoms with E-state index in [0.29, 0.717) is 11.3 Å². The standard InChI is InChI=1S/C8H11BrN2OS/c9-7-10-11-8(13-7)12-6-4-2-1-3-5-6/h6H,1-5H2. The van der Waals surface area contributed by atoms with Gasteiger partial charge in [0.15, 0.2) is 3.92 Å².